The molecule has 1 atom stereocenters. The van der Waals surface area contributed by atoms with E-state index in [0.29, 0.717) is 11.1 Å². The van der Waals surface area contributed by atoms with Gasteiger partial charge in [0.05, 0.1) is 6.04 Å². The SMILES string of the molecule is Cc1cc(F)ccc1C(NN)c1c(F)cccc1F. The van der Waals surface area contributed by atoms with E-state index >= 15 is 0 Å². The highest BCUT2D eigenvalue weighted by Crippen LogP contribution is 2.28. The molecule has 0 spiro atoms. The Bertz CT molecular complexity index is 579. The molecule has 2 aromatic carbocycles. The molecule has 0 radical (unpaired) electrons. The van der Waals surface area contributed by atoms with E-state index < -0.39 is 23.5 Å². The second kappa shape index (κ2) is 5.42. The molecular formula is C14H13F3N2. The first-order chi connectivity index (χ1) is 9.04. The van der Waals surface area contributed by atoms with Crippen LogP contribution in [0.5, 0.6) is 0 Å². The van der Waals surface area contributed by atoms with Crippen LogP contribution < -0.4 is 11.3 Å². The van der Waals surface area contributed by atoms with Crippen LogP contribution in [0.15, 0.2) is 36.4 Å². The topological polar surface area (TPSA) is 38.0 Å². The zero-order valence-corrected chi connectivity index (χ0v) is 10.3. The summed E-state index contributed by atoms with van der Waals surface area (Å²) in [5.41, 5.74) is 3.28. The molecule has 0 aliphatic heterocycles. The van der Waals surface area contributed by atoms with Crippen LogP contribution in [0.3, 0.4) is 0 Å². The first kappa shape index (κ1) is 13.6. The van der Waals surface area contributed by atoms with Gasteiger partial charge in [0, 0.05) is 5.56 Å². The average Bonchev–Trinajstić information content (AvgIpc) is 2.35. The van der Waals surface area contributed by atoms with Crippen molar-refractivity contribution in [2.75, 3.05) is 0 Å². The van der Waals surface area contributed by atoms with Crippen molar-refractivity contribution in [3.8, 4) is 0 Å². The summed E-state index contributed by atoms with van der Waals surface area (Å²) >= 11 is 0. The van der Waals surface area contributed by atoms with Gasteiger partial charge >= 0.3 is 0 Å². The summed E-state index contributed by atoms with van der Waals surface area (Å²) in [7, 11) is 0. The normalized spacial score (nSPS) is 12.5. The lowest BCUT2D eigenvalue weighted by Gasteiger charge is -2.20. The maximum atomic E-state index is 13.8. The van der Waals surface area contributed by atoms with Crippen molar-refractivity contribution in [1.29, 1.82) is 0 Å². The first-order valence-electron chi connectivity index (χ1n) is 5.70. The second-order valence-corrected chi connectivity index (χ2v) is 4.24. The highest BCUT2D eigenvalue weighted by Gasteiger charge is 2.22. The number of aryl methyl sites for hydroxylation is 1. The van der Waals surface area contributed by atoms with Crippen LogP contribution in [0.1, 0.15) is 22.7 Å². The van der Waals surface area contributed by atoms with Crippen molar-refractivity contribution in [3.63, 3.8) is 0 Å². The van der Waals surface area contributed by atoms with Gasteiger partial charge in [0.1, 0.15) is 17.5 Å². The summed E-state index contributed by atoms with van der Waals surface area (Å²) in [5, 5.41) is 0. The molecule has 0 saturated carbocycles. The summed E-state index contributed by atoms with van der Waals surface area (Å²) < 4.78 is 40.6. The van der Waals surface area contributed by atoms with Gasteiger partial charge in [0.25, 0.3) is 0 Å². The van der Waals surface area contributed by atoms with Crippen molar-refractivity contribution >= 4 is 0 Å². The molecule has 2 aromatic rings. The zero-order chi connectivity index (χ0) is 14.0. The van der Waals surface area contributed by atoms with Crippen LogP contribution in [0.4, 0.5) is 13.2 Å². The third-order valence-corrected chi connectivity index (χ3v) is 3.00. The van der Waals surface area contributed by atoms with Gasteiger partial charge in [-0.25, -0.2) is 18.6 Å². The Hall–Kier alpha value is -1.85. The van der Waals surface area contributed by atoms with E-state index in [0.717, 1.165) is 12.1 Å². The summed E-state index contributed by atoms with van der Waals surface area (Å²) in [4.78, 5) is 0. The minimum atomic E-state index is -0.873. The smallest absolute Gasteiger partial charge is 0.131 e. The van der Waals surface area contributed by atoms with Crippen LogP contribution in [-0.2, 0) is 0 Å². The Kier molecular flexibility index (Phi) is 3.87. The van der Waals surface area contributed by atoms with E-state index in [1.54, 1.807) is 6.92 Å². The molecule has 100 valence electrons. The van der Waals surface area contributed by atoms with Gasteiger partial charge in [0.15, 0.2) is 0 Å². The van der Waals surface area contributed by atoms with Crippen LogP contribution in [0.2, 0.25) is 0 Å². The quantitative estimate of drug-likeness (QED) is 0.662. The van der Waals surface area contributed by atoms with E-state index in [4.69, 9.17) is 5.84 Å². The number of benzene rings is 2. The number of nitrogens with two attached hydrogens (primary N) is 1. The van der Waals surface area contributed by atoms with Crippen molar-refractivity contribution in [1.82, 2.24) is 5.43 Å². The molecule has 19 heavy (non-hydrogen) atoms. The van der Waals surface area contributed by atoms with Crippen LogP contribution in [0.25, 0.3) is 0 Å². The second-order valence-electron chi connectivity index (χ2n) is 4.24. The van der Waals surface area contributed by atoms with Crippen molar-refractivity contribution in [2.45, 2.75) is 13.0 Å². The maximum Gasteiger partial charge on any atom is 0.131 e. The molecule has 2 nitrogen and oxygen atoms in total. The molecule has 1 unspecified atom stereocenters. The molecule has 0 aliphatic rings. The Morgan fingerprint density at radius 2 is 1.68 bits per heavy atom. The largest absolute Gasteiger partial charge is 0.271 e. The zero-order valence-electron chi connectivity index (χ0n) is 10.3. The lowest BCUT2D eigenvalue weighted by Crippen LogP contribution is -2.30. The Labute approximate surface area is 109 Å². The van der Waals surface area contributed by atoms with Gasteiger partial charge in [-0.1, -0.05) is 12.1 Å². The summed E-state index contributed by atoms with van der Waals surface area (Å²) in [6, 6.07) is 6.69. The van der Waals surface area contributed by atoms with Gasteiger partial charge in [0.2, 0.25) is 0 Å². The Balaban J connectivity index is 2.56. The minimum Gasteiger partial charge on any atom is -0.271 e. The lowest BCUT2D eigenvalue weighted by molar-refractivity contribution is 0.509. The van der Waals surface area contributed by atoms with E-state index in [1.165, 1.54) is 24.3 Å². The third kappa shape index (κ3) is 2.62. The number of rotatable bonds is 3. The van der Waals surface area contributed by atoms with Gasteiger partial charge in [-0.05, 0) is 42.3 Å². The molecule has 0 heterocycles. The summed E-state index contributed by atoms with van der Waals surface area (Å²) in [5.74, 6) is 3.59. The van der Waals surface area contributed by atoms with E-state index in [-0.39, 0.29) is 5.56 Å². The molecule has 5 heteroatoms. The summed E-state index contributed by atoms with van der Waals surface area (Å²) in [6.07, 6.45) is 0. The number of halogens is 3. The number of nitrogens with one attached hydrogen (secondary N) is 1. The van der Waals surface area contributed by atoms with Gasteiger partial charge in [-0.3, -0.25) is 5.84 Å². The molecule has 0 aromatic heterocycles. The molecule has 0 bridgehead atoms. The molecule has 0 aliphatic carbocycles. The molecular weight excluding hydrogens is 253 g/mol. The fourth-order valence-electron chi connectivity index (χ4n) is 2.08. The average molecular weight is 266 g/mol. The maximum absolute atomic E-state index is 13.8. The predicted molar refractivity (Wildman–Crippen MR) is 66.7 cm³/mol. The number of hydrazine groups is 1. The fourth-order valence-corrected chi connectivity index (χ4v) is 2.08. The predicted octanol–water partition coefficient (Wildman–Crippen LogP) is 2.97. The van der Waals surface area contributed by atoms with Gasteiger partial charge in [-0.15, -0.1) is 0 Å². The number of hydrogen-bond donors (Lipinski definition) is 2. The van der Waals surface area contributed by atoms with Crippen LogP contribution >= 0.6 is 0 Å². The van der Waals surface area contributed by atoms with Crippen LogP contribution in [-0.4, -0.2) is 0 Å². The summed E-state index contributed by atoms with van der Waals surface area (Å²) in [6.45, 7) is 1.65. The van der Waals surface area contributed by atoms with E-state index in [9.17, 15) is 13.2 Å². The lowest BCUT2D eigenvalue weighted by atomic mass is 9.94. The van der Waals surface area contributed by atoms with Crippen molar-refractivity contribution < 1.29 is 13.2 Å². The Morgan fingerprint density at radius 1 is 1.05 bits per heavy atom. The van der Waals surface area contributed by atoms with Gasteiger partial charge in [-0.2, -0.15) is 0 Å². The standard InChI is InChI=1S/C14H13F3N2/c1-8-7-9(15)5-6-10(8)14(19-18)13-11(16)3-2-4-12(13)17/h2-7,14,19H,18H2,1H3. The van der Waals surface area contributed by atoms with E-state index in [2.05, 4.69) is 5.43 Å². The third-order valence-electron chi connectivity index (χ3n) is 3.00. The van der Waals surface area contributed by atoms with Crippen LogP contribution in [0, 0.1) is 24.4 Å². The molecule has 0 amide bonds. The highest BCUT2D eigenvalue weighted by molar-refractivity contribution is 5.38. The van der Waals surface area contributed by atoms with Crippen molar-refractivity contribution in [2.24, 2.45) is 5.84 Å². The molecule has 0 fully saturated rings. The monoisotopic (exact) mass is 266 g/mol. The fraction of sp³-hybridized carbons (Fsp3) is 0.143. The molecule has 0 saturated heterocycles. The molecule has 3 N–H and O–H groups in total. The molecule has 2 rings (SSSR count). The first-order valence-corrected chi connectivity index (χ1v) is 5.70. The minimum absolute atomic E-state index is 0.181. The Morgan fingerprint density at radius 3 is 2.21 bits per heavy atom. The number of hydrogen-bond acceptors (Lipinski definition) is 2. The van der Waals surface area contributed by atoms with E-state index in [1.807, 2.05) is 0 Å². The van der Waals surface area contributed by atoms with Crippen molar-refractivity contribution in [3.05, 3.63) is 70.5 Å². The van der Waals surface area contributed by atoms with Gasteiger partial charge < -0.3 is 0 Å². The highest BCUT2D eigenvalue weighted by atomic mass is 19.1.